The van der Waals surface area contributed by atoms with Crippen molar-refractivity contribution in [3.8, 4) is 5.88 Å². The molecule has 2 rings (SSSR count). The highest BCUT2D eigenvalue weighted by atomic mass is 19.4. The predicted octanol–water partition coefficient (Wildman–Crippen LogP) is 2.67. The number of hydrazine groups is 1. The highest BCUT2D eigenvalue weighted by Crippen LogP contribution is 2.35. The molecule has 1 aromatic heterocycles. The van der Waals surface area contributed by atoms with Crippen LogP contribution in [-0.2, 0) is 12.8 Å². The van der Waals surface area contributed by atoms with Gasteiger partial charge in [0.2, 0.25) is 5.88 Å². The van der Waals surface area contributed by atoms with Crippen molar-refractivity contribution in [2.45, 2.75) is 12.8 Å². The highest BCUT2D eigenvalue weighted by Gasteiger charge is 2.34. The Bertz CT molecular complexity index is 677. The third-order valence-electron chi connectivity index (χ3n) is 2.86. The molecule has 0 atom stereocenters. The molecule has 0 saturated carbocycles. The molecule has 0 spiro atoms. The van der Waals surface area contributed by atoms with Crippen LogP contribution in [0.15, 0.2) is 42.6 Å². The number of benzene rings is 1. The van der Waals surface area contributed by atoms with E-state index in [9.17, 15) is 18.0 Å². The Morgan fingerprint density at radius 2 is 2.00 bits per heavy atom. The molecule has 9 heteroatoms. The molecule has 23 heavy (non-hydrogen) atoms. The first-order chi connectivity index (χ1) is 10.9. The second kappa shape index (κ2) is 6.97. The van der Waals surface area contributed by atoms with Crippen molar-refractivity contribution in [2.24, 2.45) is 5.84 Å². The molecule has 1 heterocycles. The minimum atomic E-state index is -4.60. The summed E-state index contributed by atoms with van der Waals surface area (Å²) in [6.07, 6.45) is -3.15. The molecule has 0 saturated heterocycles. The third-order valence-corrected chi connectivity index (χ3v) is 2.86. The van der Waals surface area contributed by atoms with Gasteiger partial charge in [0.15, 0.2) is 0 Å². The largest absolute Gasteiger partial charge is 0.473 e. The van der Waals surface area contributed by atoms with Crippen molar-refractivity contribution in [3.05, 3.63) is 53.7 Å². The molecular formula is C14H13F3N4O2. The number of carbonyl (C=O) groups is 1. The van der Waals surface area contributed by atoms with Gasteiger partial charge in [-0.05, 0) is 18.2 Å². The number of halogens is 3. The van der Waals surface area contributed by atoms with Crippen molar-refractivity contribution in [3.63, 3.8) is 0 Å². The fraction of sp³-hybridized carbons (Fsp3) is 0.143. The van der Waals surface area contributed by atoms with E-state index < -0.39 is 24.4 Å². The summed E-state index contributed by atoms with van der Waals surface area (Å²) in [6, 6.07) is 7.36. The van der Waals surface area contributed by atoms with Crippen molar-refractivity contribution in [1.82, 2.24) is 10.4 Å². The summed E-state index contributed by atoms with van der Waals surface area (Å²) in [7, 11) is 0. The van der Waals surface area contributed by atoms with Crippen LogP contribution in [-0.4, -0.2) is 11.0 Å². The third kappa shape index (κ3) is 4.33. The molecule has 0 aliphatic rings. The second-order valence-corrected chi connectivity index (χ2v) is 4.38. The van der Waals surface area contributed by atoms with Crippen LogP contribution in [0.4, 0.5) is 23.7 Å². The predicted molar refractivity (Wildman–Crippen MR) is 76.4 cm³/mol. The average Bonchev–Trinajstić information content (AvgIpc) is 2.53. The minimum absolute atomic E-state index is 0.0568. The second-order valence-electron chi connectivity index (χ2n) is 4.38. The van der Waals surface area contributed by atoms with E-state index in [1.807, 2.05) is 0 Å². The normalized spacial score (nSPS) is 11.0. The fourth-order valence-electron chi connectivity index (χ4n) is 1.86. The first kappa shape index (κ1) is 16.6. The van der Waals surface area contributed by atoms with E-state index in [4.69, 9.17) is 10.6 Å². The van der Waals surface area contributed by atoms with Gasteiger partial charge < -0.3 is 10.1 Å². The van der Waals surface area contributed by atoms with Crippen LogP contribution in [0.5, 0.6) is 5.88 Å². The number of nitrogens with one attached hydrogen (secondary N) is 2. The van der Waals surface area contributed by atoms with Crippen molar-refractivity contribution in [1.29, 1.82) is 0 Å². The van der Waals surface area contributed by atoms with Crippen molar-refractivity contribution in [2.75, 3.05) is 5.32 Å². The number of urea groups is 1. The van der Waals surface area contributed by atoms with Crippen LogP contribution in [0.25, 0.3) is 0 Å². The molecule has 0 aliphatic heterocycles. The Morgan fingerprint density at radius 3 is 2.61 bits per heavy atom. The zero-order valence-electron chi connectivity index (χ0n) is 11.7. The van der Waals surface area contributed by atoms with Gasteiger partial charge in [0.1, 0.15) is 6.61 Å². The van der Waals surface area contributed by atoms with E-state index in [0.29, 0.717) is 0 Å². The molecule has 2 aromatic rings. The number of anilines is 1. The fourth-order valence-corrected chi connectivity index (χ4v) is 1.86. The number of rotatable bonds is 4. The average molecular weight is 326 g/mol. The van der Waals surface area contributed by atoms with Gasteiger partial charge in [0, 0.05) is 23.5 Å². The minimum Gasteiger partial charge on any atom is -0.473 e. The summed E-state index contributed by atoms with van der Waals surface area (Å²) < 4.78 is 44.7. The van der Waals surface area contributed by atoms with Crippen LogP contribution < -0.4 is 21.3 Å². The van der Waals surface area contributed by atoms with Crippen LogP contribution in [0.1, 0.15) is 11.1 Å². The summed E-state index contributed by atoms with van der Waals surface area (Å²) >= 11 is 0. The number of hydrogen-bond donors (Lipinski definition) is 3. The molecule has 0 fully saturated rings. The van der Waals surface area contributed by atoms with E-state index in [1.165, 1.54) is 24.4 Å². The Kier molecular flexibility index (Phi) is 5.02. The number of pyridine rings is 1. The quantitative estimate of drug-likeness (QED) is 0.458. The number of ether oxygens (including phenoxy) is 1. The van der Waals surface area contributed by atoms with Crippen molar-refractivity contribution < 1.29 is 22.7 Å². The molecule has 0 bridgehead atoms. The van der Waals surface area contributed by atoms with Crippen LogP contribution in [0.2, 0.25) is 0 Å². The molecule has 122 valence electrons. The molecule has 0 aliphatic carbocycles. The van der Waals surface area contributed by atoms with E-state index in [0.717, 1.165) is 6.07 Å². The first-order valence-corrected chi connectivity index (χ1v) is 6.42. The zero-order valence-corrected chi connectivity index (χ0v) is 11.7. The van der Waals surface area contributed by atoms with Gasteiger partial charge >= 0.3 is 12.2 Å². The Morgan fingerprint density at radius 1 is 1.22 bits per heavy atom. The maximum atomic E-state index is 13.1. The standard InChI is InChI=1S/C14H13F3N4O2/c15-14(16,17)10-4-3-5-11(20-13(22)21-18)9(10)8-23-12-6-1-2-7-19-12/h1-7H,8,18H2,(H2,20,21,22). The van der Waals surface area contributed by atoms with Gasteiger partial charge in [-0.15, -0.1) is 0 Å². The van der Waals surface area contributed by atoms with E-state index >= 15 is 0 Å². The van der Waals surface area contributed by atoms with E-state index in [1.54, 1.807) is 17.6 Å². The number of nitrogens with zero attached hydrogens (tertiary/aromatic N) is 1. The lowest BCUT2D eigenvalue weighted by atomic mass is 10.1. The molecule has 2 amide bonds. The van der Waals surface area contributed by atoms with Gasteiger partial charge in [-0.1, -0.05) is 12.1 Å². The number of nitrogens with two attached hydrogens (primary N) is 1. The summed E-state index contributed by atoms with van der Waals surface area (Å²) in [6.45, 7) is -0.424. The molecule has 0 unspecified atom stereocenters. The van der Waals surface area contributed by atoms with Crippen LogP contribution in [0.3, 0.4) is 0 Å². The molecular weight excluding hydrogens is 313 g/mol. The van der Waals surface area contributed by atoms with Crippen molar-refractivity contribution >= 4 is 11.7 Å². The monoisotopic (exact) mass is 326 g/mol. The summed E-state index contributed by atoms with van der Waals surface area (Å²) in [5, 5.41) is 2.23. The Hall–Kier alpha value is -2.81. The number of amides is 2. The van der Waals surface area contributed by atoms with Crippen LogP contribution >= 0.6 is 0 Å². The maximum Gasteiger partial charge on any atom is 0.416 e. The molecule has 0 radical (unpaired) electrons. The lowest BCUT2D eigenvalue weighted by Gasteiger charge is -2.17. The first-order valence-electron chi connectivity index (χ1n) is 6.42. The van der Waals surface area contributed by atoms with Crippen LogP contribution in [0, 0.1) is 0 Å². The number of carbonyl (C=O) groups excluding carboxylic acids is 1. The lowest BCUT2D eigenvalue weighted by molar-refractivity contribution is -0.138. The number of hydrogen-bond acceptors (Lipinski definition) is 4. The Balaban J connectivity index is 2.34. The zero-order chi connectivity index (χ0) is 16.9. The van der Waals surface area contributed by atoms with Gasteiger partial charge in [-0.3, -0.25) is 5.43 Å². The molecule has 4 N–H and O–H groups in total. The SMILES string of the molecule is NNC(=O)Nc1cccc(C(F)(F)F)c1COc1ccccn1. The number of alkyl halides is 3. The van der Waals surface area contributed by atoms with E-state index in [2.05, 4.69) is 10.3 Å². The van der Waals surface area contributed by atoms with Gasteiger partial charge in [0.05, 0.1) is 5.56 Å². The summed E-state index contributed by atoms with van der Waals surface area (Å²) in [4.78, 5) is 15.2. The van der Waals surface area contributed by atoms with Gasteiger partial charge in [-0.25, -0.2) is 15.6 Å². The highest BCUT2D eigenvalue weighted by molar-refractivity contribution is 5.89. The number of aromatic nitrogens is 1. The van der Waals surface area contributed by atoms with Gasteiger partial charge in [0.25, 0.3) is 0 Å². The molecule has 1 aromatic carbocycles. The Labute approximate surface area is 129 Å². The maximum absolute atomic E-state index is 13.1. The molecule has 6 nitrogen and oxygen atoms in total. The smallest absolute Gasteiger partial charge is 0.416 e. The summed E-state index contributed by atoms with van der Waals surface area (Å²) in [5.41, 5.74) is 0.590. The summed E-state index contributed by atoms with van der Waals surface area (Å²) in [5.74, 6) is 5.10. The lowest BCUT2D eigenvalue weighted by Crippen LogP contribution is -2.34. The van der Waals surface area contributed by atoms with Gasteiger partial charge in [-0.2, -0.15) is 13.2 Å². The topological polar surface area (TPSA) is 89.3 Å². The van der Waals surface area contributed by atoms with E-state index in [-0.39, 0.29) is 17.1 Å².